The number of ether oxygens (including phenoxy) is 2. The summed E-state index contributed by atoms with van der Waals surface area (Å²) in [4.78, 5) is 26.0. The van der Waals surface area contributed by atoms with Crippen molar-refractivity contribution in [3.8, 4) is 5.75 Å². The van der Waals surface area contributed by atoms with Gasteiger partial charge in [-0.25, -0.2) is 4.79 Å². The van der Waals surface area contributed by atoms with Gasteiger partial charge in [0.05, 0.1) is 7.11 Å². The highest BCUT2D eigenvalue weighted by atomic mass is 32.1. The van der Waals surface area contributed by atoms with E-state index in [1.165, 1.54) is 41.0 Å². The van der Waals surface area contributed by atoms with Gasteiger partial charge in [-0.3, -0.25) is 4.79 Å². The number of rotatable bonds is 7. The molecule has 1 amide bonds. The van der Waals surface area contributed by atoms with Crippen molar-refractivity contribution in [3.63, 3.8) is 0 Å². The molecule has 1 aromatic heterocycles. The number of nitrogens with one attached hydrogen (secondary N) is 1. The fourth-order valence-electron chi connectivity index (χ4n) is 3.16. The molecule has 1 heterocycles. The molecule has 1 aromatic carbocycles. The van der Waals surface area contributed by atoms with E-state index < -0.39 is 5.97 Å². The molecule has 6 heteroatoms. The molecule has 0 atom stereocenters. The Labute approximate surface area is 163 Å². The van der Waals surface area contributed by atoms with Crippen LogP contribution in [0.15, 0.2) is 30.3 Å². The maximum Gasteiger partial charge on any atom is 0.348 e. The Bertz CT molecular complexity index is 758. The summed E-state index contributed by atoms with van der Waals surface area (Å²) >= 11 is 1.51. The zero-order chi connectivity index (χ0) is 19.1. The van der Waals surface area contributed by atoms with Gasteiger partial charge in [-0.15, -0.1) is 11.3 Å². The average Bonchev–Trinajstić information content (AvgIpc) is 2.97. The van der Waals surface area contributed by atoms with E-state index in [9.17, 15) is 9.59 Å². The number of hydrogen-bond donors (Lipinski definition) is 1. The molecular formula is C21H25NO4S. The first kappa shape index (κ1) is 19.4. The monoisotopic (exact) mass is 387 g/mol. The molecule has 0 saturated heterocycles. The minimum Gasteiger partial charge on any atom is -0.497 e. The lowest BCUT2D eigenvalue weighted by molar-refractivity contribution is -0.124. The third-order valence-electron chi connectivity index (χ3n) is 4.68. The normalized spacial score (nSPS) is 13.4. The van der Waals surface area contributed by atoms with E-state index in [4.69, 9.17) is 9.47 Å². The van der Waals surface area contributed by atoms with Gasteiger partial charge in [-0.05, 0) is 61.4 Å². The van der Waals surface area contributed by atoms with E-state index in [2.05, 4.69) is 5.32 Å². The maximum atomic E-state index is 12.2. The summed E-state index contributed by atoms with van der Waals surface area (Å²) < 4.78 is 10.3. The van der Waals surface area contributed by atoms with E-state index >= 15 is 0 Å². The van der Waals surface area contributed by atoms with E-state index in [0.717, 1.165) is 24.2 Å². The van der Waals surface area contributed by atoms with Crippen molar-refractivity contribution in [1.29, 1.82) is 0 Å². The molecule has 1 N–H and O–H groups in total. The highest BCUT2D eigenvalue weighted by molar-refractivity contribution is 7.14. The lowest BCUT2D eigenvalue weighted by atomic mass is 10.1. The Morgan fingerprint density at radius 3 is 2.67 bits per heavy atom. The zero-order valence-corrected chi connectivity index (χ0v) is 16.4. The van der Waals surface area contributed by atoms with Gasteiger partial charge < -0.3 is 14.8 Å². The van der Waals surface area contributed by atoms with Gasteiger partial charge in [-0.1, -0.05) is 18.6 Å². The second kappa shape index (κ2) is 9.55. The molecule has 0 saturated carbocycles. The first-order valence-corrected chi connectivity index (χ1v) is 10.2. The van der Waals surface area contributed by atoms with Crippen LogP contribution in [0, 0.1) is 0 Å². The summed E-state index contributed by atoms with van der Waals surface area (Å²) in [6.07, 6.45) is 6.39. The second-order valence-corrected chi connectivity index (χ2v) is 7.78. The van der Waals surface area contributed by atoms with Gasteiger partial charge in [0, 0.05) is 11.4 Å². The van der Waals surface area contributed by atoms with Crippen molar-refractivity contribution in [2.45, 2.75) is 38.5 Å². The number of carbonyl (C=O) groups is 2. The van der Waals surface area contributed by atoms with Crippen LogP contribution in [0.25, 0.3) is 0 Å². The van der Waals surface area contributed by atoms with Crippen molar-refractivity contribution in [2.24, 2.45) is 0 Å². The first-order valence-electron chi connectivity index (χ1n) is 9.34. The number of aryl methyl sites for hydroxylation is 2. The highest BCUT2D eigenvalue weighted by Crippen LogP contribution is 2.29. The van der Waals surface area contributed by atoms with Crippen LogP contribution in [-0.2, 0) is 28.8 Å². The van der Waals surface area contributed by atoms with Crippen LogP contribution < -0.4 is 10.1 Å². The summed E-state index contributed by atoms with van der Waals surface area (Å²) in [6.45, 7) is 0.250. The zero-order valence-electron chi connectivity index (χ0n) is 15.6. The van der Waals surface area contributed by atoms with E-state index in [-0.39, 0.29) is 12.5 Å². The molecule has 0 radical (unpaired) electrons. The summed E-state index contributed by atoms with van der Waals surface area (Å²) in [5, 5.41) is 2.78. The highest BCUT2D eigenvalue weighted by Gasteiger charge is 2.18. The van der Waals surface area contributed by atoms with Gasteiger partial charge >= 0.3 is 5.97 Å². The Hall–Kier alpha value is -2.34. The minimum atomic E-state index is -0.404. The summed E-state index contributed by atoms with van der Waals surface area (Å²) in [5.41, 5.74) is 2.38. The third kappa shape index (κ3) is 5.57. The number of fused-ring (bicyclic) bond motifs is 1. The second-order valence-electron chi connectivity index (χ2n) is 6.64. The molecule has 0 bridgehead atoms. The van der Waals surface area contributed by atoms with Crippen LogP contribution in [0.1, 0.15) is 44.9 Å². The lowest BCUT2D eigenvalue weighted by Gasteiger charge is -2.07. The van der Waals surface area contributed by atoms with Crippen LogP contribution >= 0.6 is 11.3 Å². The number of thiophene rings is 1. The van der Waals surface area contributed by atoms with Gasteiger partial charge in [-0.2, -0.15) is 0 Å². The molecule has 0 fully saturated rings. The number of carbonyl (C=O) groups excluding carboxylic acids is 2. The standard InChI is InChI=1S/C21H25NO4S/c1-25-17-9-7-15(8-10-17)11-12-22-20(23)14-26-21(24)19-13-16-5-3-2-4-6-18(16)27-19/h7-10,13H,2-6,11-12,14H2,1H3,(H,22,23). The number of benzene rings is 1. The molecule has 0 spiro atoms. The Morgan fingerprint density at radius 2 is 1.89 bits per heavy atom. The van der Waals surface area contributed by atoms with Crippen molar-refractivity contribution in [3.05, 3.63) is 51.2 Å². The predicted octanol–water partition coefficient (Wildman–Crippen LogP) is 3.54. The van der Waals surface area contributed by atoms with Gasteiger partial charge in [0.15, 0.2) is 6.61 Å². The van der Waals surface area contributed by atoms with Crippen LogP contribution in [0.2, 0.25) is 0 Å². The van der Waals surface area contributed by atoms with Crippen molar-refractivity contribution < 1.29 is 19.1 Å². The summed E-state index contributed by atoms with van der Waals surface area (Å²) in [7, 11) is 1.63. The van der Waals surface area contributed by atoms with Gasteiger partial charge in [0.25, 0.3) is 5.91 Å². The quantitative estimate of drug-likeness (QED) is 0.583. The molecule has 3 rings (SSSR count). The van der Waals surface area contributed by atoms with Crippen LogP contribution in [0.5, 0.6) is 5.75 Å². The van der Waals surface area contributed by atoms with Gasteiger partial charge in [0.2, 0.25) is 0 Å². The third-order valence-corrected chi connectivity index (χ3v) is 5.89. The van der Waals surface area contributed by atoms with Crippen LogP contribution in [0.3, 0.4) is 0 Å². The summed E-state index contributed by atoms with van der Waals surface area (Å²) in [5.74, 6) is 0.119. The number of methoxy groups -OCH3 is 1. The summed E-state index contributed by atoms with van der Waals surface area (Å²) in [6, 6.07) is 9.65. The fourth-order valence-corrected chi connectivity index (χ4v) is 4.31. The van der Waals surface area contributed by atoms with Crippen molar-refractivity contribution in [1.82, 2.24) is 5.32 Å². The Morgan fingerprint density at radius 1 is 1.11 bits per heavy atom. The molecule has 0 aliphatic heterocycles. The SMILES string of the molecule is COc1ccc(CCNC(=O)COC(=O)c2cc3c(s2)CCCCC3)cc1. The molecule has 27 heavy (non-hydrogen) atoms. The molecular weight excluding hydrogens is 362 g/mol. The van der Waals surface area contributed by atoms with Crippen LogP contribution in [0.4, 0.5) is 0 Å². The number of amides is 1. The molecule has 5 nitrogen and oxygen atoms in total. The number of hydrogen-bond acceptors (Lipinski definition) is 5. The Kier molecular flexibility index (Phi) is 6.87. The minimum absolute atomic E-state index is 0.246. The smallest absolute Gasteiger partial charge is 0.348 e. The van der Waals surface area contributed by atoms with Crippen molar-refractivity contribution >= 4 is 23.2 Å². The largest absolute Gasteiger partial charge is 0.497 e. The molecule has 144 valence electrons. The van der Waals surface area contributed by atoms with Gasteiger partial charge in [0.1, 0.15) is 10.6 Å². The molecule has 0 unspecified atom stereocenters. The average molecular weight is 388 g/mol. The maximum absolute atomic E-state index is 12.2. The van der Waals surface area contributed by atoms with E-state index in [1.54, 1.807) is 7.11 Å². The van der Waals surface area contributed by atoms with Crippen molar-refractivity contribution in [2.75, 3.05) is 20.3 Å². The first-order chi connectivity index (χ1) is 13.2. The van der Waals surface area contributed by atoms with Crippen LogP contribution in [-0.4, -0.2) is 32.1 Å². The lowest BCUT2D eigenvalue weighted by Crippen LogP contribution is -2.30. The molecule has 2 aromatic rings. The Balaban J connectivity index is 1.40. The molecule has 1 aliphatic carbocycles. The number of esters is 1. The van der Waals surface area contributed by atoms with E-state index in [0.29, 0.717) is 17.8 Å². The van der Waals surface area contributed by atoms with E-state index in [1.807, 2.05) is 30.3 Å². The molecule has 1 aliphatic rings. The fraction of sp³-hybridized carbons (Fsp3) is 0.429. The predicted molar refractivity (Wildman–Crippen MR) is 106 cm³/mol. The topological polar surface area (TPSA) is 64.6 Å².